The number of nitrogens with one attached hydrogen (secondary N) is 1. The fourth-order valence-corrected chi connectivity index (χ4v) is 1.92. The first-order chi connectivity index (χ1) is 11.4. The van der Waals surface area contributed by atoms with Crippen molar-refractivity contribution < 1.29 is 23.6 Å². The summed E-state index contributed by atoms with van der Waals surface area (Å²) in [5.74, 6) is -2.62. The Bertz CT molecular complexity index is 812. The number of nitro benzene ring substituents is 1. The normalized spacial score (nSPS) is 10.1. The fourth-order valence-electron chi connectivity index (χ4n) is 1.76. The highest BCUT2D eigenvalue weighted by molar-refractivity contribution is 6.30. The van der Waals surface area contributed by atoms with Crippen molar-refractivity contribution in [1.82, 2.24) is 0 Å². The zero-order valence-electron chi connectivity index (χ0n) is 12.0. The van der Waals surface area contributed by atoms with Gasteiger partial charge in [-0.05, 0) is 24.3 Å². The molecule has 0 aliphatic rings. The van der Waals surface area contributed by atoms with Crippen molar-refractivity contribution in [3.05, 3.63) is 69.0 Å². The Kier molecular flexibility index (Phi) is 5.43. The smallest absolute Gasteiger partial charge is 0.341 e. The summed E-state index contributed by atoms with van der Waals surface area (Å²) in [7, 11) is 0. The highest BCUT2D eigenvalue weighted by Crippen LogP contribution is 2.17. The fraction of sp³-hybridized carbons (Fsp3) is 0.0667. The monoisotopic (exact) mass is 352 g/mol. The number of nitro groups is 1. The third-order valence-corrected chi connectivity index (χ3v) is 3.06. The van der Waals surface area contributed by atoms with E-state index in [-0.39, 0.29) is 22.0 Å². The Labute approximate surface area is 140 Å². The predicted molar refractivity (Wildman–Crippen MR) is 83.4 cm³/mol. The summed E-state index contributed by atoms with van der Waals surface area (Å²) < 4.78 is 18.2. The highest BCUT2D eigenvalue weighted by atomic mass is 35.5. The number of esters is 1. The molecule has 2 rings (SSSR count). The standard InChI is InChI=1S/C15H10ClFN2O5/c16-9-4-5-12(13(17)6-9)15(21)24-8-14(20)18-10-2-1-3-11(7-10)19(22)23/h1-7H,8H2,(H,18,20). The first-order valence-electron chi connectivity index (χ1n) is 6.53. The predicted octanol–water partition coefficient (Wildman–Crippen LogP) is 3.18. The first-order valence-corrected chi connectivity index (χ1v) is 6.91. The van der Waals surface area contributed by atoms with Gasteiger partial charge >= 0.3 is 5.97 Å². The summed E-state index contributed by atoms with van der Waals surface area (Å²) in [6.45, 7) is -0.677. The van der Waals surface area contributed by atoms with Gasteiger partial charge in [0.15, 0.2) is 6.61 Å². The van der Waals surface area contributed by atoms with Crippen LogP contribution in [-0.2, 0) is 9.53 Å². The number of nitrogens with zero attached hydrogens (tertiary/aromatic N) is 1. The minimum Gasteiger partial charge on any atom is -0.452 e. The summed E-state index contributed by atoms with van der Waals surface area (Å²) in [6.07, 6.45) is 0. The summed E-state index contributed by atoms with van der Waals surface area (Å²) in [5.41, 5.74) is -0.390. The van der Waals surface area contributed by atoms with Gasteiger partial charge < -0.3 is 10.1 Å². The lowest BCUT2D eigenvalue weighted by Crippen LogP contribution is -2.21. The van der Waals surface area contributed by atoms with E-state index in [2.05, 4.69) is 5.32 Å². The number of hydrogen-bond donors (Lipinski definition) is 1. The van der Waals surface area contributed by atoms with Crippen molar-refractivity contribution in [3.8, 4) is 0 Å². The van der Waals surface area contributed by atoms with Gasteiger partial charge in [-0.2, -0.15) is 0 Å². The molecule has 2 aromatic carbocycles. The number of anilines is 1. The minimum atomic E-state index is -1.03. The lowest BCUT2D eigenvalue weighted by Gasteiger charge is -2.07. The van der Waals surface area contributed by atoms with Gasteiger partial charge in [-0.25, -0.2) is 9.18 Å². The topological polar surface area (TPSA) is 98.5 Å². The van der Waals surface area contributed by atoms with E-state index in [9.17, 15) is 24.1 Å². The molecule has 0 aliphatic heterocycles. The van der Waals surface area contributed by atoms with Gasteiger partial charge in [0.05, 0.1) is 10.5 Å². The van der Waals surface area contributed by atoms with Crippen molar-refractivity contribution in [2.45, 2.75) is 0 Å². The molecule has 0 fully saturated rings. The Balaban J connectivity index is 1.94. The van der Waals surface area contributed by atoms with E-state index in [4.69, 9.17) is 16.3 Å². The summed E-state index contributed by atoms with van der Waals surface area (Å²) >= 11 is 5.57. The van der Waals surface area contributed by atoms with Gasteiger partial charge in [0, 0.05) is 22.8 Å². The molecule has 0 bridgehead atoms. The average molecular weight is 353 g/mol. The summed E-state index contributed by atoms with van der Waals surface area (Å²) in [6, 6.07) is 8.64. The number of carbonyl (C=O) groups excluding carboxylic acids is 2. The van der Waals surface area contributed by atoms with Crippen LogP contribution in [-0.4, -0.2) is 23.4 Å². The Morgan fingerprint density at radius 2 is 2.00 bits per heavy atom. The minimum absolute atomic E-state index is 0.118. The summed E-state index contributed by atoms with van der Waals surface area (Å²) in [4.78, 5) is 33.4. The highest BCUT2D eigenvalue weighted by Gasteiger charge is 2.15. The molecule has 24 heavy (non-hydrogen) atoms. The number of carbonyl (C=O) groups is 2. The van der Waals surface area contributed by atoms with E-state index in [1.165, 1.54) is 24.3 Å². The molecule has 0 aromatic heterocycles. The summed E-state index contributed by atoms with van der Waals surface area (Å²) in [5, 5.41) is 13.1. The van der Waals surface area contributed by atoms with E-state index in [0.29, 0.717) is 0 Å². The van der Waals surface area contributed by atoms with Crippen LogP contribution in [0, 0.1) is 15.9 Å². The molecule has 9 heteroatoms. The second kappa shape index (κ2) is 7.51. The molecule has 0 saturated heterocycles. The molecular formula is C15H10ClFN2O5. The molecule has 7 nitrogen and oxygen atoms in total. The largest absolute Gasteiger partial charge is 0.452 e. The molecule has 0 atom stereocenters. The molecule has 0 unspecified atom stereocenters. The van der Waals surface area contributed by atoms with Gasteiger partial charge in [0.25, 0.3) is 11.6 Å². The van der Waals surface area contributed by atoms with Gasteiger partial charge in [-0.1, -0.05) is 17.7 Å². The van der Waals surface area contributed by atoms with Crippen LogP contribution < -0.4 is 5.32 Å². The van der Waals surface area contributed by atoms with Gasteiger partial charge in [0.2, 0.25) is 0 Å². The van der Waals surface area contributed by atoms with Gasteiger partial charge in [0.1, 0.15) is 5.82 Å². The van der Waals surface area contributed by atoms with Crippen LogP contribution in [0.3, 0.4) is 0 Å². The van der Waals surface area contributed by atoms with Gasteiger partial charge in [-0.3, -0.25) is 14.9 Å². The number of amides is 1. The molecule has 124 valence electrons. The number of hydrogen-bond acceptors (Lipinski definition) is 5. The maximum absolute atomic E-state index is 13.5. The molecule has 0 aliphatic carbocycles. The van der Waals surface area contributed by atoms with E-state index in [0.717, 1.165) is 18.2 Å². The van der Waals surface area contributed by atoms with Crippen LogP contribution in [0.2, 0.25) is 5.02 Å². The molecule has 2 aromatic rings. The zero-order valence-corrected chi connectivity index (χ0v) is 12.7. The van der Waals surface area contributed by atoms with Crippen LogP contribution in [0.1, 0.15) is 10.4 Å². The second-order valence-electron chi connectivity index (χ2n) is 4.56. The van der Waals surface area contributed by atoms with Crippen LogP contribution in [0.4, 0.5) is 15.8 Å². The molecule has 0 radical (unpaired) electrons. The third kappa shape index (κ3) is 4.50. The van der Waals surface area contributed by atoms with E-state index >= 15 is 0 Å². The zero-order chi connectivity index (χ0) is 17.7. The lowest BCUT2D eigenvalue weighted by molar-refractivity contribution is -0.384. The van der Waals surface area contributed by atoms with Crippen LogP contribution in [0.25, 0.3) is 0 Å². The van der Waals surface area contributed by atoms with Crippen LogP contribution in [0.15, 0.2) is 42.5 Å². The number of benzene rings is 2. The Morgan fingerprint density at radius 1 is 1.25 bits per heavy atom. The van der Waals surface area contributed by atoms with E-state index < -0.39 is 29.2 Å². The maximum atomic E-state index is 13.5. The Hall–Kier alpha value is -3.00. The third-order valence-electron chi connectivity index (χ3n) is 2.83. The number of halogens is 2. The van der Waals surface area contributed by atoms with Crippen LogP contribution >= 0.6 is 11.6 Å². The van der Waals surface area contributed by atoms with E-state index in [1.807, 2.05) is 0 Å². The van der Waals surface area contributed by atoms with Crippen molar-refractivity contribution in [3.63, 3.8) is 0 Å². The van der Waals surface area contributed by atoms with E-state index in [1.54, 1.807) is 0 Å². The first kappa shape index (κ1) is 17.4. The molecule has 1 N–H and O–H groups in total. The maximum Gasteiger partial charge on any atom is 0.341 e. The van der Waals surface area contributed by atoms with Crippen molar-refractivity contribution >= 4 is 34.9 Å². The average Bonchev–Trinajstić information content (AvgIpc) is 2.53. The SMILES string of the molecule is O=C(COC(=O)c1ccc(Cl)cc1F)Nc1cccc([N+](=O)[O-])c1. The van der Waals surface area contributed by atoms with Crippen molar-refractivity contribution in [2.75, 3.05) is 11.9 Å². The Morgan fingerprint density at radius 3 is 2.67 bits per heavy atom. The molecule has 0 heterocycles. The molecule has 0 spiro atoms. The molecule has 1 amide bonds. The lowest BCUT2D eigenvalue weighted by atomic mass is 10.2. The number of ether oxygens (including phenoxy) is 1. The second-order valence-corrected chi connectivity index (χ2v) is 4.99. The quantitative estimate of drug-likeness (QED) is 0.506. The van der Waals surface area contributed by atoms with Crippen molar-refractivity contribution in [2.24, 2.45) is 0 Å². The van der Waals surface area contributed by atoms with Crippen LogP contribution in [0.5, 0.6) is 0 Å². The molecular weight excluding hydrogens is 343 g/mol. The van der Waals surface area contributed by atoms with Crippen molar-refractivity contribution in [1.29, 1.82) is 0 Å². The van der Waals surface area contributed by atoms with Gasteiger partial charge in [-0.15, -0.1) is 0 Å². The number of rotatable bonds is 5. The number of non-ortho nitro benzene ring substituents is 1. The molecule has 0 saturated carbocycles.